The maximum Gasteiger partial charge on any atom is 0.269 e. The first kappa shape index (κ1) is 47.0. The van der Waals surface area contributed by atoms with Crippen molar-refractivity contribution in [3.63, 3.8) is 0 Å². The minimum atomic E-state index is -0.777. The Balaban J connectivity index is 2.30. The summed E-state index contributed by atoms with van der Waals surface area (Å²) in [7, 11) is 9.98. The molecular weight excluding hydrogens is 706 g/mol. The average Bonchev–Trinajstić information content (AvgIpc) is 3.64. The third-order valence-electron chi connectivity index (χ3n) is 11.4. The molecule has 1 aliphatic heterocycles. The number of ether oxygens (including phenoxy) is 2. The molecule has 4 amide bonds. The van der Waals surface area contributed by atoms with Gasteiger partial charge in [0, 0.05) is 53.0 Å². The molecule has 0 spiro atoms. The average molecular weight is 772 g/mol. The fourth-order valence-corrected chi connectivity index (χ4v) is 7.56. The number of likely N-dealkylation sites (N-methyl/N-ethyl adjacent to an activating group) is 3. The van der Waals surface area contributed by atoms with Crippen LogP contribution in [0.5, 0.6) is 0 Å². The van der Waals surface area contributed by atoms with E-state index < -0.39 is 53.3 Å². The van der Waals surface area contributed by atoms with Crippen molar-refractivity contribution in [2.24, 2.45) is 17.8 Å². The standard InChI is InChI=1S/C40H65N7O8/c1-13-26(4)36(45(10)40(51)35(25(2)3)42-38(49)28(6)43(7)8)33(54-11)24-34(48)46-21-15-18-32(46)37(55-12)27(5)39(50)44(9)30(19-20-41)22-29-16-14-17-31(23-29)47(52)53/h14,16-17,23,25-28,30,32-33,35-37H,13,15,18-19,21-22,24H2,1-12H3,(H,42,49)/t26-,27+,28+,30+,32-,33+,35?,36-,37+/m0/s1. The molecule has 1 aromatic rings. The third kappa shape index (κ3) is 12.2. The second-order valence-electron chi connectivity index (χ2n) is 15.6. The van der Waals surface area contributed by atoms with E-state index in [9.17, 15) is 34.6 Å². The summed E-state index contributed by atoms with van der Waals surface area (Å²) in [5.74, 6) is -1.89. The van der Waals surface area contributed by atoms with E-state index in [1.54, 1.807) is 68.9 Å². The van der Waals surface area contributed by atoms with Gasteiger partial charge in [0.15, 0.2) is 0 Å². The van der Waals surface area contributed by atoms with Crippen molar-refractivity contribution in [2.75, 3.05) is 49.0 Å². The summed E-state index contributed by atoms with van der Waals surface area (Å²) < 4.78 is 12.0. The lowest BCUT2D eigenvalue weighted by Gasteiger charge is -2.41. The molecule has 1 fully saturated rings. The minimum Gasteiger partial charge on any atom is -0.379 e. The van der Waals surface area contributed by atoms with Crippen LogP contribution in [0, 0.1) is 39.2 Å². The lowest BCUT2D eigenvalue weighted by Crippen LogP contribution is -2.59. The van der Waals surface area contributed by atoms with Gasteiger partial charge >= 0.3 is 0 Å². The minimum absolute atomic E-state index is 0.0118. The molecule has 55 heavy (non-hydrogen) atoms. The van der Waals surface area contributed by atoms with Gasteiger partial charge in [0.1, 0.15) is 6.04 Å². The molecule has 1 N–H and O–H groups in total. The first-order valence-electron chi connectivity index (χ1n) is 19.3. The molecule has 2 rings (SSSR count). The number of nitro benzene ring substituents is 1. The molecule has 0 radical (unpaired) electrons. The molecular formula is C40H65N7O8. The highest BCUT2D eigenvalue weighted by atomic mass is 16.6. The summed E-state index contributed by atoms with van der Waals surface area (Å²) in [4.78, 5) is 72.9. The number of benzene rings is 1. The Kier molecular flexibility index (Phi) is 18.7. The normalized spacial score (nSPS) is 18.7. The van der Waals surface area contributed by atoms with Crippen molar-refractivity contribution < 1.29 is 33.6 Å². The van der Waals surface area contributed by atoms with Crippen LogP contribution < -0.4 is 5.32 Å². The number of nitriles is 1. The maximum atomic E-state index is 14.2. The fourth-order valence-electron chi connectivity index (χ4n) is 7.56. The molecule has 9 atom stereocenters. The van der Waals surface area contributed by atoms with Crippen LogP contribution in [0.4, 0.5) is 5.69 Å². The lowest BCUT2D eigenvalue weighted by atomic mass is 9.89. The van der Waals surface area contributed by atoms with Gasteiger partial charge in [-0.3, -0.25) is 34.2 Å². The Hall–Kier alpha value is -4.13. The predicted molar refractivity (Wildman–Crippen MR) is 210 cm³/mol. The van der Waals surface area contributed by atoms with Gasteiger partial charge in [-0.15, -0.1) is 0 Å². The lowest BCUT2D eigenvalue weighted by molar-refractivity contribution is -0.384. The van der Waals surface area contributed by atoms with Crippen LogP contribution in [-0.2, 0) is 35.1 Å². The van der Waals surface area contributed by atoms with Crippen molar-refractivity contribution in [1.29, 1.82) is 5.26 Å². The van der Waals surface area contributed by atoms with Crippen LogP contribution in [0.1, 0.15) is 79.2 Å². The molecule has 308 valence electrons. The zero-order valence-corrected chi connectivity index (χ0v) is 35.0. The van der Waals surface area contributed by atoms with E-state index >= 15 is 0 Å². The number of rotatable bonds is 21. The van der Waals surface area contributed by atoms with Gasteiger partial charge in [-0.25, -0.2) is 0 Å². The number of amides is 4. The highest BCUT2D eigenvalue weighted by Crippen LogP contribution is 2.31. The first-order valence-corrected chi connectivity index (χ1v) is 19.3. The van der Waals surface area contributed by atoms with Crippen molar-refractivity contribution >= 4 is 29.3 Å². The number of nitro groups is 1. The van der Waals surface area contributed by atoms with E-state index in [-0.39, 0.29) is 60.4 Å². The summed E-state index contributed by atoms with van der Waals surface area (Å²) in [6.45, 7) is 11.8. The summed E-state index contributed by atoms with van der Waals surface area (Å²) >= 11 is 0. The van der Waals surface area contributed by atoms with Crippen molar-refractivity contribution in [3.8, 4) is 6.07 Å². The second-order valence-corrected chi connectivity index (χ2v) is 15.6. The number of non-ortho nitro benzene ring substituents is 1. The maximum absolute atomic E-state index is 14.2. The van der Waals surface area contributed by atoms with Gasteiger partial charge in [-0.1, -0.05) is 53.2 Å². The van der Waals surface area contributed by atoms with Gasteiger partial charge in [-0.05, 0) is 57.7 Å². The Labute approximate surface area is 327 Å². The second kappa shape index (κ2) is 21.8. The van der Waals surface area contributed by atoms with E-state index in [0.717, 1.165) is 0 Å². The topological polar surface area (TPSA) is 179 Å². The number of nitrogens with zero attached hydrogens (tertiary/aromatic N) is 6. The molecule has 1 unspecified atom stereocenters. The highest BCUT2D eigenvalue weighted by molar-refractivity contribution is 5.90. The van der Waals surface area contributed by atoms with Crippen LogP contribution in [0.3, 0.4) is 0 Å². The molecule has 0 bridgehead atoms. The number of nitrogens with one attached hydrogen (secondary N) is 1. The number of methoxy groups -OCH3 is 2. The Morgan fingerprint density at radius 1 is 1.04 bits per heavy atom. The summed E-state index contributed by atoms with van der Waals surface area (Å²) in [6.07, 6.45) is 0.993. The van der Waals surface area contributed by atoms with E-state index in [1.807, 2.05) is 27.7 Å². The zero-order valence-electron chi connectivity index (χ0n) is 35.0. The number of hydrogen-bond donors (Lipinski definition) is 1. The molecule has 1 saturated heterocycles. The molecule has 0 saturated carbocycles. The molecule has 0 aromatic heterocycles. The van der Waals surface area contributed by atoms with E-state index in [4.69, 9.17) is 9.47 Å². The van der Waals surface area contributed by atoms with Crippen LogP contribution in [-0.4, -0.2) is 140 Å². The SMILES string of the molecule is CC[C@H](C)[C@@H]([C@@H](CC(=O)N1CCC[C@H]1[C@H](OC)[C@@H](C)C(=O)N(C)[C@H](CC#N)Cc1cccc([N+](=O)[O-])c1)OC)N(C)C(=O)C(NC(=O)[C@@H](C)N(C)C)C(C)C. The van der Waals surface area contributed by atoms with Crippen molar-refractivity contribution in [3.05, 3.63) is 39.9 Å². The fraction of sp³-hybridized carbons (Fsp3) is 0.725. The highest BCUT2D eigenvalue weighted by Gasteiger charge is 2.43. The van der Waals surface area contributed by atoms with Crippen LogP contribution in [0.2, 0.25) is 0 Å². The summed E-state index contributed by atoms with van der Waals surface area (Å²) in [5.41, 5.74) is 0.570. The monoisotopic (exact) mass is 771 g/mol. The molecule has 0 aliphatic carbocycles. The van der Waals surface area contributed by atoms with Gasteiger partial charge in [-0.2, -0.15) is 5.26 Å². The summed E-state index contributed by atoms with van der Waals surface area (Å²) in [5, 5.41) is 23.9. The first-order chi connectivity index (χ1) is 25.9. The summed E-state index contributed by atoms with van der Waals surface area (Å²) in [6, 6.07) is 5.66. The Morgan fingerprint density at radius 3 is 2.22 bits per heavy atom. The van der Waals surface area contributed by atoms with Gasteiger partial charge in [0.2, 0.25) is 23.6 Å². The molecule has 1 heterocycles. The van der Waals surface area contributed by atoms with Crippen LogP contribution in [0.25, 0.3) is 0 Å². The van der Waals surface area contributed by atoms with Crippen molar-refractivity contribution in [1.82, 2.24) is 24.9 Å². The number of hydrogen-bond acceptors (Lipinski definition) is 10. The van der Waals surface area contributed by atoms with E-state index in [2.05, 4.69) is 11.4 Å². The number of likely N-dealkylation sites (tertiary alicyclic amines) is 1. The smallest absolute Gasteiger partial charge is 0.269 e. The Bertz CT molecular complexity index is 1500. The van der Waals surface area contributed by atoms with E-state index in [1.165, 1.54) is 31.3 Å². The largest absolute Gasteiger partial charge is 0.379 e. The van der Waals surface area contributed by atoms with E-state index in [0.29, 0.717) is 31.4 Å². The van der Waals surface area contributed by atoms with Crippen LogP contribution >= 0.6 is 0 Å². The quantitative estimate of drug-likeness (QED) is 0.142. The molecule has 15 nitrogen and oxygen atoms in total. The molecule has 1 aliphatic rings. The predicted octanol–water partition coefficient (Wildman–Crippen LogP) is 3.89. The van der Waals surface area contributed by atoms with Crippen molar-refractivity contribution in [2.45, 2.75) is 122 Å². The van der Waals surface area contributed by atoms with Crippen LogP contribution in [0.15, 0.2) is 24.3 Å². The van der Waals surface area contributed by atoms with Gasteiger partial charge in [0.25, 0.3) is 5.69 Å². The zero-order chi connectivity index (χ0) is 41.7. The Morgan fingerprint density at radius 2 is 1.69 bits per heavy atom. The molecule has 15 heteroatoms. The number of carbonyl (C=O) groups is 4. The third-order valence-corrected chi connectivity index (χ3v) is 11.4. The van der Waals surface area contributed by atoms with Gasteiger partial charge in [0.05, 0.1) is 60.1 Å². The number of carbonyl (C=O) groups excluding carboxylic acids is 4. The van der Waals surface area contributed by atoms with Gasteiger partial charge < -0.3 is 29.5 Å². The molecule has 1 aromatic carbocycles.